The maximum absolute atomic E-state index is 13.9. The van der Waals surface area contributed by atoms with Crippen molar-refractivity contribution in [2.45, 2.75) is 58.8 Å². The number of nitrogens with one attached hydrogen (secondary N) is 1. The average molecular weight is 606 g/mol. The van der Waals surface area contributed by atoms with Gasteiger partial charge in [0.1, 0.15) is 5.00 Å². The molecule has 2 aromatic heterocycles. The van der Waals surface area contributed by atoms with E-state index in [0.717, 1.165) is 57.9 Å². The lowest BCUT2D eigenvalue weighted by Gasteiger charge is -2.20. The van der Waals surface area contributed by atoms with Crippen LogP contribution in [-0.2, 0) is 23.0 Å². The quantitative estimate of drug-likeness (QED) is 0.232. The number of rotatable bonds is 5. The molecule has 1 aliphatic carbocycles. The number of amides is 1. The maximum Gasteiger partial charge on any atom is 0.341 e. The van der Waals surface area contributed by atoms with Gasteiger partial charge in [-0.1, -0.05) is 74.3 Å². The molecule has 39 heavy (non-hydrogen) atoms. The van der Waals surface area contributed by atoms with Crippen LogP contribution in [0.1, 0.15) is 77.3 Å². The Balaban J connectivity index is 1.57. The molecule has 0 bridgehead atoms. The number of benzene rings is 2. The van der Waals surface area contributed by atoms with Crippen molar-refractivity contribution < 1.29 is 14.3 Å². The summed E-state index contributed by atoms with van der Waals surface area (Å²) in [6, 6.07) is 15.9. The average Bonchev–Trinajstić information content (AvgIpc) is 3.28. The van der Waals surface area contributed by atoms with Crippen LogP contribution in [0.25, 0.3) is 22.2 Å². The first kappa shape index (κ1) is 27.5. The highest BCUT2D eigenvalue weighted by molar-refractivity contribution is 9.10. The molecule has 0 saturated heterocycles. The molecule has 5 rings (SSSR count). The maximum atomic E-state index is 13.9. The van der Waals surface area contributed by atoms with Gasteiger partial charge < -0.3 is 10.1 Å². The van der Waals surface area contributed by atoms with E-state index in [1.54, 1.807) is 0 Å². The highest BCUT2D eigenvalue weighted by Crippen LogP contribution is 2.41. The number of aromatic nitrogens is 1. The Hall–Kier alpha value is -3.03. The van der Waals surface area contributed by atoms with Crippen molar-refractivity contribution in [3.63, 3.8) is 0 Å². The molecule has 1 amide bonds. The molecule has 5 nitrogen and oxygen atoms in total. The number of halogens is 1. The van der Waals surface area contributed by atoms with Gasteiger partial charge in [0.2, 0.25) is 0 Å². The molecule has 4 aromatic rings. The van der Waals surface area contributed by atoms with Gasteiger partial charge in [0.05, 0.1) is 29.4 Å². The third-order valence-corrected chi connectivity index (χ3v) is 9.29. The van der Waals surface area contributed by atoms with Crippen LogP contribution in [0.5, 0.6) is 0 Å². The van der Waals surface area contributed by atoms with Gasteiger partial charge in [0.15, 0.2) is 0 Å². The fraction of sp³-hybridized carbons (Fsp3) is 0.344. The number of fused-ring (bicyclic) bond motifs is 2. The Labute approximate surface area is 242 Å². The molecule has 1 aliphatic rings. The van der Waals surface area contributed by atoms with Crippen molar-refractivity contribution in [3.8, 4) is 11.3 Å². The highest BCUT2D eigenvalue weighted by Gasteiger charge is 2.30. The molecular formula is C32H33BrN2O3S. The first-order valence-electron chi connectivity index (χ1n) is 13.3. The second-order valence-corrected chi connectivity index (χ2v) is 13.2. The molecule has 0 aliphatic heterocycles. The van der Waals surface area contributed by atoms with E-state index in [-0.39, 0.29) is 11.3 Å². The second kappa shape index (κ2) is 10.9. The minimum Gasteiger partial charge on any atom is -0.465 e. The summed E-state index contributed by atoms with van der Waals surface area (Å²) in [6.45, 7) is 8.76. The lowest BCUT2D eigenvalue weighted by Crippen LogP contribution is -2.17. The molecule has 1 unspecified atom stereocenters. The third kappa shape index (κ3) is 5.52. The Morgan fingerprint density at radius 1 is 1.13 bits per heavy atom. The number of hydrogen-bond donors (Lipinski definition) is 1. The molecule has 0 spiro atoms. The molecule has 1 atom stereocenters. The summed E-state index contributed by atoms with van der Waals surface area (Å²) in [5, 5.41) is 4.39. The number of nitrogens with zero attached hydrogens (tertiary/aromatic N) is 1. The van der Waals surface area contributed by atoms with E-state index < -0.39 is 5.97 Å². The molecule has 0 saturated carbocycles. The van der Waals surface area contributed by atoms with Crippen molar-refractivity contribution in [2.75, 3.05) is 12.4 Å². The fourth-order valence-electron chi connectivity index (χ4n) is 5.25. The van der Waals surface area contributed by atoms with Crippen molar-refractivity contribution in [1.29, 1.82) is 0 Å². The van der Waals surface area contributed by atoms with Gasteiger partial charge >= 0.3 is 5.97 Å². The van der Waals surface area contributed by atoms with Gasteiger partial charge in [-0.3, -0.25) is 4.79 Å². The summed E-state index contributed by atoms with van der Waals surface area (Å²) in [5.41, 5.74) is 5.69. The number of carbonyl (C=O) groups is 2. The van der Waals surface area contributed by atoms with E-state index in [1.165, 1.54) is 28.9 Å². The minimum absolute atomic E-state index is 0.0427. The van der Waals surface area contributed by atoms with Crippen LogP contribution in [0, 0.1) is 5.92 Å². The topological polar surface area (TPSA) is 68.3 Å². The number of ether oxygens (including phenoxy) is 1. The van der Waals surface area contributed by atoms with Crippen LogP contribution in [-0.4, -0.2) is 24.0 Å². The fourth-order valence-corrected chi connectivity index (χ4v) is 6.96. The van der Waals surface area contributed by atoms with Crippen LogP contribution < -0.4 is 5.32 Å². The van der Waals surface area contributed by atoms with Crippen LogP contribution in [0.2, 0.25) is 0 Å². The van der Waals surface area contributed by atoms with Crippen LogP contribution in [0.3, 0.4) is 0 Å². The summed E-state index contributed by atoms with van der Waals surface area (Å²) in [5.74, 6) is -0.0810. The number of esters is 1. The lowest BCUT2D eigenvalue weighted by atomic mass is 9.85. The number of methoxy groups -OCH3 is 1. The van der Waals surface area contributed by atoms with E-state index in [1.807, 2.05) is 24.3 Å². The van der Waals surface area contributed by atoms with Crippen LogP contribution >= 0.6 is 27.3 Å². The van der Waals surface area contributed by atoms with E-state index in [9.17, 15) is 9.59 Å². The summed E-state index contributed by atoms with van der Waals surface area (Å²) in [6.07, 6.45) is 3.89. The number of hydrogen-bond acceptors (Lipinski definition) is 5. The normalized spacial score (nSPS) is 15.2. The predicted molar refractivity (Wildman–Crippen MR) is 163 cm³/mol. The molecule has 2 aromatic carbocycles. The molecule has 202 valence electrons. The Morgan fingerprint density at radius 3 is 2.54 bits per heavy atom. The van der Waals surface area contributed by atoms with Crippen molar-refractivity contribution in [2.24, 2.45) is 5.92 Å². The Bertz CT molecular complexity index is 1570. The number of anilines is 1. The van der Waals surface area contributed by atoms with Crippen molar-refractivity contribution >= 4 is 55.0 Å². The van der Waals surface area contributed by atoms with E-state index in [2.05, 4.69) is 73.2 Å². The van der Waals surface area contributed by atoms with Crippen LogP contribution in [0.15, 0.2) is 53.0 Å². The zero-order valence-electron chi connectivity index (χ0n) is 23.0. The third-order valence-electron chi connectivity index (χ3n) is 7.62. The first-order valence-corrected chi connectivity index (χ1v) is 15.0. The summed E-state index contributed by atoms with van der Waals surface area (Å²) < 4.78 is 6.00. The van der Waals surface area contributed by atoms with E-state index >= 15 is 0 Å². The summed E-state index contributed by atoms with van der Waals surface area (Å²) in [4.78, 5) is 32.8. The van der Waals surface area contributed by atoms with Gasteiger partial charge in [-0.05, 0) is 66.0 Å². The molecule has 0 fully saturated rings. The summed E-state index contributed by atoms with van der Waals surface area (Å²) >= 11 is 5.05. The van der Waals surface area contributed by atoms with Gasteiger partial charge in [-0.15, -0.1) is 11.3 Å². The molecule has 1 N–H and O–H groups in total. The molecular weight excluding hydrogens is 572 g/mol. The molecule has 0 radical (unpaired) electrons. The monoisotopic (exact) mass is 604 g/mol. The summed E-state index contributed by atoms with van der Waals surface area (Å²) in [7, 11) is 1.39. The zero-order chi connectivity index (χ0) is 27.9. The Kier molecular flexibility index (Phi) is 7.66. The van der Waals surface area contributed by atoms with Crippen LogP contribution in [0.4, 0.5) is 5.00 Å². The minimum atomic E-state index is -0.403. The van der Waals surface area contributed by atoms with Gasteiger partial charge in [0, 0.05) is 20.3 Å². The predicted octanol–water partition coefficient (Wildman–Crippen LogP) is 8.58. The molecule has 7 heteroatoms. The van der Waals surface area contributed by atoms with Gasteiger partial charge in [-0.25, -0.2) is 9.78 Å². The van der Waals surface area contributed by atoms with E-state index in [0.29, 0.717) is 22.0 Å². The van der Waals surface area contributed by atoms with E-state index in [4.69, 9.17) is 9.72 Å². The highest BCUT2D eigenvalue weighted by atomic mass is 79.9. The Morgan fingerprint density at radius 2 is 1.87 bits per heavy atom. The number of thiophene rings is 1. The van der Waals surface area contributed by atoms with Crippen molar-refractivity contribution in [3.05, 3.63) is 80.1 Å². The van der Waals surface area contributed by atoms with Gasteiger partial charge in [0.25, 0.3) is 5.91 Å². The lowest BCUT2D eigenvalue weighted by molar-refractivity contribution is 0.0600. The largest absolute Gasteiger partial charge is 0.465 e. The number of pyridine rings is 1. The van der Waals surface area contributed by atoms with Gasteiger partial charge in [-0.2, -0.15) is 0 Å². The molecule has 2 heterocycles. The van der Waals surface area contributed by atoms with Crippen molar-refractivity contribution in [1.82, 2.24) is 4.98 Å². The number of carbonyl (C=O) groups excluding carboxylic acids is 2. The SMILES string of the molecule is CCC1CCc2c(sc(NC(=O)c3cc(-c4ccc(C(C)(C)C)cc4)nc4ccc(Br)cc34)c2C(=O)OC)C1. The second-order valence-electron chi connectivity index (χ2n) is 11.2. The standard InChI is InChI=1S/C32H33BrN2O3S/c1-6-18-7-13-22-27(15-18)39-30(28(22)31(37)38-5)35-29(36)24-17-26(34-25-14-12-21(33)16-23(24)25)19-8-10-20(11-9-19)32(2,3)4/h8-12,14,16-18H,6-7,13,15H2,1-5H3,(H,35,36). The smallest absolute Gasteiger partial charge is 0.341 e. The zero-order valence-corrected chi connectivity index (χ0v) is 25.4. The first-order chi connectivity index (χ1) is 18.6.